The third-order valence-corrected chi connectivity index (χ3v) is 10.6. The van der Waals surface area contributed by atoms with Crippen molar-refractivity contribution in [3.05, 3.63) is 12.7 Å². The summed E-state index contributed by atoms with van der Waals surface area (Å²) in [5, 5.41) is 11.5. The van der Waals surface area contributed by atoms with Gasteiger partial charge in [-0.2, -0.15) is 0 Å². The van der Waals surface area contributed by atoms with Crippen LogP contribution in [0.4, 0.5) is 4.79 Å². The van der Waals surface area contributed by atoms with Gasteiger partial charge in [0.05, 0.1) is 24.3 Å². The van der Waals surface area contributed by atoms with E-state index >= 15 is 0 Å². The molecule has 0 bridgehead atoms. The van der Waals surface area contributed by atoms with Gasteiger partial charge in [-0.15, -0.1) is 6.58 Å². The van der Waals surface area contributed by atoms with E-state index in [0.717, 1.165) is 38.5 Å². The third-order valence-electron chi connectivity index (χ3n) is 10.6. The highest BCUT2D eigenvalue weighted by atomic mass is 16.5. The second-order valence-electron chi connectivity index (χ2n) is 16.8. The van der Waals surface area contributed by atoms with E-state index in [4.69, 9.17) is 4.74 Å². The first-order valence-electron chi connectivity index (χ1n) is 18.1. The standard InChI is InChI=1S/C37H63N5O6/c1-11-13-19-25(30(43)32(45)38-20-12-2)39-31(44)29-27-24(37(27,9)10)21-42(29)33(46)28(23-17-15-14-16-18-23)41-34(47)40-26(35(3,4)5)22-48-36(6,7)8/h12,23-29H,2,11,13-22H2,1,3-10H3,(H,38,45)(H,39,44)(H2,40,41,47)/t24-,25?,26+,27-,28?,29?/m0/s1. The number of ketones is 1. The minimum absolute atomic E-state index is 0.0583. The minimum atomic E-state index is -0.997. The highest BCUT2D eigenvalue weighted by molar-refractivity contribution is 6.38. The molecule has 0 aromatic rings. The number of piperidine rings is 1. The summed E-state index contributed by atoms with van der Waals surface area (Å²) in [5.74, 6) is -2.18. The summed E-state index contributed by atoms with van der Waals surface area (Å²) < 4.78 is 6.04. The fourth-order valence-electron chi connectivity index (χ4n) is 7.37. The van der Waals surface area contributed by atoms with E-state index < -0.39 is 41.8 Å². The number of nitrogens with zero attached hydrogens (tertiary/aromatic N) is 1. The number of likely N-dealkylation sites (tertiary alicyclic amines) is 1. The Morgan fingerprint density at radius 3 is 2.19 bits per heavy atom. The van der Waals surface area contributed by atoms with E-state index in [-0.39, 0.29) is 52.7 Å². The van der Waals surface area contributed by atoms with E-state index in [1.54, 1.807) is 4.90 Å². The lowest BCUT2D eigenvalue weighted by molar-refractivity contribution is -0.144. The van der Waals surface area contributed by atoms with Crippen molar-refractivity contribution in [1.82, 2.24) is 26.2 Å². The number of hydrogen-bond acceptors (Lipinski definition) is 6. The van der Waals surface area contributed by atoms with E-state index in [1.165, 1.54) is 6.08 Å². The van der Waals surface area contributed by atoms with Crippen molar-refractivity contribution < 1.29 is 28.7 Å². The topological polar surface area (TPSA) is 146 Å². The summed E-state index contributed by atoms with van der Waals surface area (Å²) in [6.07, 6.45) is 7.89. The maximum atomic E-state index is 14.6. The fraction of sp³-hybridized carbons (Fsp3) is 0.811. The number of unbranched alkanes of at least 4 members (excludes halogenated alkanes) is 1. The summed E-state index contributed by atoms with van der Waals surface area (Å²) in [6, 6.07) is -3.34. The Hall–Kier alpha value is -2.95. The van der Waals surface area contributed by atoms with Crippen molar-refractivity contribution in [3.8, 4) is 0 Å². The average Bonchev–Trinajstić information content (AvgIpc) is 3.32. The van der Waals surface area contributed by atoms with E-state index in [0.29, 0.717) is 26.0 Å². The van der Waals surface area contributed by atoms with Crippen molar-refractivity contribution in [1.29, 1.82) is 0 Å². The van der Waals surface area contributed by atoms with Crippen LogP contribution in [0.2, 0.25) is 0 Å². The van der Waals surface area contributed by atoms with Crippen LogP contribution in [0.3, 0.4) is 0 Å². The number of rotatable bonds is 15. The van der Waals surface area contributed by atoms with Crippen molar-refractivity contribution >= 4 is 29.5 Å². The van der Waals surface area contributed by atoms with E-state index in [1.807, 2.05) is 48.5 Å². The predicted octanol–water partition coefficient (Wildman–Crippen LogP) is 4.49. The molecule has 11 heteroatoms. The molecular formula is C37H63N5O6. The molecule has 4 N–H and O–H groups in total. The van der Waals surface area contributed by atoms with Crippen LogP contribution >= 0.6 is 0 Å². The van der Waals surface area contributed by atoms with Gasteiger partial charge < -0.3 is 30.9 Å². The first-order chi connectivity index (χ1) is 22.3. The SMILES string of the molecule is C=CCNC(=O)C(=O)C(CCCC)NC(=O)C1[C@@H]2[C@H](CN1C(=O)C(NC(=O)N[C@H](COC(C)(C)C)C(C)(C)C)C1CCCCC1)C2(C)C. The molecule has 2 aliphatic carbocycles. The Morgan fingerprint density at radius 1 is 0.979 bits per heavy atom. The lowest BCUT2D eigenvalue weighted by atomic mass is 9.83. The molecule has 48 heavy (non-hydrogen) atoms. The smallest absolute Gasteiger partial charge is 0.315 e. The molecule has 3 rings (SSSR count). The van der Waals surface area contributed by atoms with Gasteiger partial charge in [0.1, 0.15) is 12.1 Å². The van der Waals surface area contributed by atoms with Crippen LogP contribution in [0.25, 0.3) is 0 Å². The Bertz CT molecular complexity index is 1180. The minimum Gasteiger partial charge on any atom is -0.374 e. The summed E-state index contributed by atoms with van der Waals surface area (Å²) >= 11 is 0. The van der Waals surface area contributed by atoms with Gasteiger partial charge in [-0.25, -0.2) is 4.79 Å². The Morgan fingerprint density at radius 2 is 1.62 bits per heavy atom. The molecule has 5 amide bonds. The number of ether oxygens (including phenoxy) is 1. The lowest BCUT2D eigenvalue weighted by Gasteiger charge is -2.38. The molecule has 0 spiro atoms. The zero-order valence-corrected chi connectivity index (χ0v) is 31.0. The van der Waals surface area contributed by atoms with Crippen molar-refractivity contribution in [2.24, 2.45) is 28.6 Å². The quantitative estimate of drug-likeness (QED) is 0.149. The number of hydrogen-bond donors (Lipinski definition) is 4. The lowest BCUT2D eigenvalue weighted by Crippen LogP contribution is -2.61. The van der Waals surface area contributed by atoms with Gasteiger partial charge in [0, 0.05) is 13.1 Å². The number of Topliss-reactive ketones (excluding diaryl/α,β-unsaturated/α-hetero) is 1. The van der Waals surface area contributed by atoms with Crippen LogP contribution < -0.4 is 21.3 Å². The van der Waals surface area contributed by atoms with E-state index in [2.05, 4.69) is 41.7 Å². The predicted molar refractivity (Wildman–Crippen MR) is 187 cm³/mol. The first kappa shape index (κ1) is 39.5. The fourth-order valence-corrected chi connectivity index (χ4v) is 7.37. The maximum absolute atomic E-state index is 14.6. The molecule has 11 nitrogen and oxygen atoms in total. The van der Waals surface area contributed by atoms with Crippen LogP contribution in [0.5, 0.6) is 0 Å². The normalized spacial score (nSPS) is 24.0. The zero-order valence-electron chi connectivity index (χ0n) is 31.0. The second kappa shape index (κ2) is 16.2. The molecule has 1 saturated heterocycles. The number of amides is 5. The molecule has 272 valence electrons. The monoisotopic (exact) mass is 673 g/mol. The maximum Gasteiger partial charge on any atom is 0.315 e. The highest BCUT2D eigenvalue weighted by Crippen LogP contribution is 2.65. The molecule has 0 radical (unpaired) electrons. The molecule has 1 heterocycles. The van der Waals surface area contributed by atoms with Gasteiger partial charge in [0.15, 0.2) is 0 Å². The number of urea groups is 1. The van der Waals surface area contributed by atoms with Crippen LogP contribution in [0.1, 0.15) is 114 Å². The number of carbonyl (C=O) groups is 5. The van der Waals surface area contributed by atoms with E-state index in [9.17, 15) is 24.0 Å². The van der Waals surface area contributed by atoms with Gasteiger partial charge >= 0.3 is 6.03 Å². The molecule has 3 aliphatic rings. The summed E-state index contributed by atoms with van der Waals surface area (Å²) in [4.78, 5) is 69.7. The molecule has 0 aromatic carbocycles. The molecule has 1 aliphatic heterocycles. The third kappa shape index (κ3) is 10.0. The van der Waals surface area contributed by atoms with Gasteiger partial charge in [0.25, 0.3) is 5.91 Å². The average molecular weight is 674 g/mol. The van der Waals surface area contributed by atoms with Crippen LogP contribution in [0.15, 0.2) is 12.7 Å². The summed E-state index contributed by atoms with van der Waals surface area (Å²) in [6.45, 7) is 22.6. The molecule has 3 unspecified atom stereocenters. The van der Waals surface area contributed by atoms with Crippen molar-refractivity contribution in [2.45, 2.75) is 143 Å². The van der Waals surface area contributed by atoms with Crippen LogP contribution in [-0.2, 0) is 23.9 Å². The first-order valence-corrected chi connectivity index (χ1v) is 18.1. The zero-order chi connectivity index (χ0) is 36.0. The van der Waals surface area contributed by atoms with Crippen LogP contribution in [-0.4, -0.2) is 83.9 Å². The largest absolute Gasteiger partial charge is 0.374 e. The van der Waals surface area contributed by atoms with Gasteiger partial charge in [-0.05, 0) is 68.6 Å². The number of carbonyl (C=O) groups excluding carboxylic acids is 5. The van der Waals surface area contributed by atoms with Gasteiger partial charge in [0.2, 0.25) is 17.6 Å². The Labute approximate surface area is 288 Å². The van der Waals surface area contributed by atoms with Crippen LogP contribution in [0, 0.1) is 28.6 Å². The Balaban J connectivity index is 1.85. The van der Waals surface area contributed by atoms with Crippen molar-refractivity contribution in [3.63, 3.8) is 0 Å². The second-order valence-corrected chi connectivity index (χ2v) is 16.8. The number of fused-ring (bicyclic) bond motifs is 1. The van der Waals surface area contributed by atoms with Gasteiger partial charge in [-0.3, -0.25) is 19.2 Å². The Kier molecular flexibility index (Phi) is 13.3. The summed E-state index contributed by atoms with van der Waals surface area (Å²) in [5.41, 5.74) is -0.828. The highest BCUT2D eigenvalue weighted by Gasteiger charge is 2.69. The molecule has 6 atom stereocenters. The number of nitrogens with one attached hydrogen (secondary N) is 4. The van der Waals surface area contributed by atoms with Crippen molar-refractivity contribution in [2.75, 3.05) is 19.7 Å². The molecule has 3 fully saturated rings. The molecule has 2 saturated carbocycles. The molecule has 0 aromatic heterocycles. The van der Waals surface area contributed by atoms with Gasteiger partial charge in [-0.1, -0.05) is 79.7 Å². The summed E-state index contributed by atoms with van der Waals surface area (Å²) in [7, 11) is 0. The molecular weight excluding hydrogens is 610 g/mol.